The molecule has 2 saturated heterocycles. The van der Waals surface area contributed by atoms with Crippen molar-refractivity contribution in [1.82, 2.24) is 9.80 Å². The number of carbonyl (C=O) groups is 3. The van der Waals surface area contributed by atoms with Crippen molar-refractivity contribution < 1.29 is 28.7 Å². The number of ether oxygens (including phenoxy) is 1. The van der Waals surface area contributed by atoms with Gasteiger partial charge in [-0.15, -0.1) is 0 Å². The van der Waals surface area contributed by atoms with Crippen LogP contribution in [0.2, 0.25) is 13.1 Å². The first-order chi connectivity index (χ1) is 14.8. The molecule has 0 spiro atoms. The van der Waals surface area contributed by atoms with Gasteiger partial charge in [-0.05, 0) is 43.8 Å². The van der Waals surface area contributed by atoms with Gasteiger partial charge < -0.3 is 24.1 Å². The number of rotatable bonds is 7. The molecule has 0 unspecified atom stereocenters. The molecule has 32 heavy (non-hydrogen) atoms. The third-order valence-electron chi connectivity index (χ3n) is 7.22. The molecule has 3 aliphatic rings. The van der Waals surface area contributed by atoms with Gasteiger partial charge in [-0.2, -0.15) is 0 Å². The molecule has 0 aromatic heterocycles. The highest BCUT2D eigenvalue weighted by Gasteiger charge is 2.65. The minimum absolute atomic E-state index is 0.0978. The molecule has 0 aromatic rings. The zero-order chi connectivity index (χ0) is 24.0. The second-order valence-electron chi connectivity index (χ2n) is 10.5. The van der Waals surface area contributed by atoms with E-state index in [-0.39, 0.29) is 41.5 Å². The third kappa shape index (κ3) is 4.01. The summed E-state index contributed by atoms with van der Waals surface area (Å²) in [7, 11) is -1.47. The van der Waals surface area contributed by atoms with Crippen LogP contribution in [0, 0.1) is 17.3 Å². The van der Waals surface area contributed by atoms with E-state index in [9.17, 15) is 19.5 Å². The summed E-state index contributed by atoms with van der Waals surface area (Å²) in [4.78, 5) is 40.8. The first-order valence-corrected chi connectivity index (χ1v) is 14.1. The molecule has 0 saturated carbocycles. The van der Waals surface area contributed by atoms with E-state index in [1.807, 2.05) is 6.92 Å². The van der Waals surface area contributed by atoms with E-state index >= 15 is 0 Å². The summed E-state index contributed by atoms with van der Waals surface area (Å²) in [5, 5.41) is 9.98. The Morgan fingerprint density at radius 2 is 1.94 bits per heavy atom. The van der Waals surface area contributed by atoms with E-state index < -0.39 is 26.7 Å². The first-order valence-electron chi connectivity index (χ1n) is 11.3. The van der Waals surface area contributed by atoms with Gasteiger partial charge in [0.25, 0.3) is 0 Å². The lowest BCUT2D eigenvalue weighted by molar-refractivity contribution is -0.180. The first kappa shape index (κ1) is 24.5. The lowest BCUT2D eigenvalue weighted by Crippen LogP contribution is -2.70. The van der Waals surface area contributed by atoms with Gasteiger partial charge >= 0.3 is 12.1 Å². The van der Waals surface area contributed by atoms with Gasteiger partial charge in [0.1, 0.15) is 12.3 Å². The maximum absolute atomic E-state index is 13.4. The summed E-state index contributed by atoms with van der Waals surface area (Å²) in [6, 6.07) is -0.220. The van der Waals surface area contributed by atoms with Crippen LogP contribution in [-0.2, 0) is 18.8 Å². The highest BCUT2D eigenvalue weighted by atomic mass is 28.3. The number of hydrogen-bond acceptors (Lipinski definition) is 5. The molecule has 2 fully saturated rings. The SMILES string of the molecule is C=CCOC(=O)N1CC[C@@H](C2=C(C(=O)O)N3C(=O)[C@H]([C@@](C)(O[SiH](C)C)C(C)(C)C)[C@H]3C2)C1. The van der Waals surface area contributed by atoms with Crippen LogP contribution in [0.4, 0.5) is 4.79 Å². The van der Waals surface area contributed by atoms with Crippen LogP contribution in [-0.4, -0.2) is 73.3 Å². The summed E-state index contributed by atoms with van der Waals surface area (Å²) >= 11 is 0. The Bertz CT molecular complexity index is 848. The van der Waals surface area contributed by atoms with E-state index in [0.717, 1.165) is 5.57 Å². The maximum Gasteiger partial charge on any atom is 0.410 e. The number of amides is 2. The molecular weight excluding hydrogens is 428 g/mol. The third-order valence-corrected chi connectivity index (χ3v) is 8.18. The maximum atomic E-state index is 13.4. The summed E-state index contributed by atoms with van der Waals surface area (Å²) in [6.45, 7) is 17.0. The van der Waals surface area contributed by atoms with Crippen LogP contribution in [0.3, 0.4) is 0 Å². The van der Waals surface area contributed by atoms with Gasteiger partial charge in [0.05, 0.1) is 17.6 Å². The molecule has 3 rings (SSSR count). The second kappa shape index (κ2) is 8.66. The number of β-lactam (4-membered cyclic amide) rings is 1. The van der Waals surface area contributed by atoms with Gasteiger partial charge in [-0.25, -0.2) is 9.59 Å². The molecule has 9 heteroatoms. The Morgan fingerprint density at radius 3 is 2.47 bits per heavy atom. The smallest absolute Gasteiger partial charge is 0.410 e. The van der Waals surface area contributed by atoms with Crippen molar-refractivity contribution in [3.05, 3.63) is 23.9 Å². The van der Waals surface area contributed by atoms with E-state index in [4.69, 9.17) is 9.16 Å². The molecule has 0 aromatic carbocycles. The average molecular weight is 465 g/mol. The Kier molecular flexibility index (Phi) is 6.64. The number of hydrogen-bond donors (Lipinski definition) is 1. The van der Waals surface area contributed by atoms with Crippen molar-refractivity contribution in [3.8, 4) is 0 Å². The monoisotopic (exact) mass is 464 g/mol. The number of nitrogens with zero attached hydrogens (tertiary/aromatic N) is 2. The van der Waals surface area contributed by atoms with Crippen molar-refractivity contribution >= 4 is 27.0 Å². The van der Waals surface area contributed by atoms with Gasteiger partial charge in [-0.3, -0.25) is 4.79 Å². The highest BCUT2D eigenvalue weighted by molar-refractivity contribution is 6.48. The Morgan fingerprint density at radius 1 is 1.28 bits per heavy atom. The molecule has 3 heterocycles. The van der Waals surface area contributed by atoms with E-state index in [0.29, 0.717) is 25.9 Å². The minimum atomic E-state index is -1.47. The lowest BCUT2D eigenvalue weighted by atomic mass is 9.63. The Hall–Kier alpha value is -2.13. The molecule has 0 radical (unpaired) electrons. The van der Waals surface area contributed by atoms with Crippen LogP contribution >= 0.6 is 0 Å². The van der Waals surface area contributed by atoms with Crippen LogP contribution in [0.15, 0.2) is 23.9 Å². The zero-order valence-electron chi connectivity index (χ0n) is 20.0. The molecule has 2 amide bonds. The van der Waals surface area contributed by atoms with Crippen LogP contribution in [0.25, 0.3) is 0 Å². The number of fused-ring (bicyclic) bond motifs is 1. The summed E-state index contributed by atoms with van der Waals surface area (Å²) in [5.41, 5.74) is -0.112. The van der Waals surface area contributed by atoms with Gasteiger partial charge in [0.2, 0.25) is 5.91 Å². The standard InChI is InChI=1S/C23H36N2O6Si/c1-8-11-30-21(29)24-10-9-14(13-24)15-12-16-17(19(26)25(16)18(15)20(27)28)23(5,22(2,3)4)31-32(6)7/h8,14,16-17,32H,1,9-13H2,2-7H3,(H,27,28)/t14-,16-,17-,23-/m1/s1. The number of carboxylic acid groups (broad SMARTS) is 1. The Balaban J connectivity index is 1.85. The quantitative estimate of drug-likeness (QED) is 0.353. The highest BCUT2D eigenvalue weighted by Crippen LogP contribution is 2.54. The van der Waals surface area contributed by atoms with Crippen molar-refractivity contribution in [3.63, 3.8) is 0 Å². The fraction of sp³-hybridized carbons (Fsp3) is 0.696. The van der Waals surface area contributed by atoms with Crippen molar-refractivity contribution in [1.29, 1.82) is 0 Å². The van der Waals surface area contributed by atoms with Gasteiger partial charge in [-0.1, -0.05) is 33.4 Å². The molecule has 3 aliphatic heterocycles. The largest absolute Gasteiger partial charge is 0.477 e. The van der Waals surface area contributed by atoms with E-state index in [1.54, 1.807) is 4.90 Å². The van der Waals surface area contributed by atoms with Crippen LogP contribution in [0.5, 0.6) is 0 Å². The summed E-state index contributed by atoms with van der Waals surface area (Å²) in [5.74, 6) is -1.75. The predicted molar refractivity (Wildman–Crippen MR) is 122 cm³/mol. The molecular formula is C23H36N2O6Si. The fourth-order valence-electron chi connectivity index (χ4n) is 5.35. The minimum Gasteiger partial charge on any atom is -0.477 e. The molecule has 178 valence electrons. The number of aliphatic carboxylic acids is 1. The number of likely N-dealkylation sites (tertiary alicyclic amines) is 1. The van der Waals surface area contributed by atoms with Gasteiger partial charge in [0.15, 0.2) is 9.04 Å². The molecule has 1 N–H and O–H groups in total. The van der Waals surface area contributed by atoms with Gasteiger partial charge in [0, 0.05) is 19.0 Å². The summed E-state index contributed by atoms with van der Waals surface area (Å²) < 4.78 is 11.6. The summed E-state index contributed by atoms with van der Waals surface area (Å²) in [6.07, 6.45) is 2.25. The van der Waals surface area contributed by atoms with Crippen molar-refractivity contribution in [2.45, 2.75) is 65.3 Å². The zero-order valence-corrected chi connectivity index (χ0v) is 21.2. The molecule has 4 atom stereocenters. The van der Waals surface area contributed by atoms with Crippen molar-refractivity contribution in [2.24, 2.45) is 17.3 Å². The average Bonchev–Trinajstić information content (AvgIpc) is 3.27. The fourth-order valence-corrected chi connectivity index (χ4v) is 6.83. The Labute approximate surface area is 191 Å². The van der Waals surface area contributed by atoms with Crippen LogP contribution in [0.1, 0.15) is 40.5 Å². The van der Waals surface area contributed by atoms with E-state index in [1.165, 1.54) is 11.0 Å². The van der Waals surface area contributed by atoms with Crippen LogP contribution < -0.4 is 0 Å². The normalized spacial score (nSPS) is 27.3. The molecule has 0 aliphatic carbocycles. The lowest BCUT2D eigenvalue weighted by Gasteiger charge is -2.57. The number of carbonyl (C=O) groups excluding carboxylic acids is 2. The molecule has 8 nitrogen and oxygen atoms in total. The molecule has 0 bridgehead atoms. The number of carboxylic acids is 1. The van der Waals surface area contributed by atoms with E-state index in [2.05, 4.69) is 40.4 Å². The topological polar surface area (TPSA) is 96.4 Å². The second-order valence-corrected chi connectivity index (χ2v) is 12.8. The van der Waals surface area contributed by atoms with Crippen molar-refractivity contribution in [2.75, 3.05) is 19.7 Å². The predicted octanol–water partition coefficient (Wildman–Crippen LogP) is 3.01.